The SMILES string of the molecule is CC(C)n1nccc1C(=O)N[C@H](C(=O)Nc1ccc([C@H](C)C(=O)N2CCNCC2C(F)(F)F)cc1F)C(=C1CC1)C1CC1CC(C)n1nccc1C(=O)N[C@H](C(=O)Nc1ccc([C@H](C)C(=O)NC(Cc2ccccn2)C(F)(F)F)cc1F)C(C1CC1)C1CC1. The number of halogens is 8. The molecule has 26 heteroatoms. The van der Waals surface area contributed by atoms with E-state index in [0.29, 0.717) is 31.3 Å². The molecule has 6 N–H and O–H groups in total. The van der Waals surface area contributed by atoms with Crippen molar-refractivity contribution in [3.05, 3.63) is 136 Å². The van der Waals surface area contributed by atoms with E-state index >= 15 is 8.78 Å². The van der Waals surface area contributed by atoms with Crippen LogP contribution < -0.4 is 31.9 Å². The number of amides is 6. The van der Waals surface area contributed by atoms with Crippen LogP contribution in [0.3, 0.4) is 0 Å². The van der Waals surface area contributed by atoms with Gasteiger partial charge >= 0.3 is 12.4 Å². The van der Waals surface area contributed by atoms with Crippen molar-refractivity contribution in [1.82, 2.24) is 50.7 Å². The van der Waals surface area contributed by atoms with Crippen LogP contribution in [-0.4, -0.2) is 121 Å². The van der Waals surface area contributed by atoms with Crippen molar-refractivity contribution in [3.63, 3.8) is 0 Å². The molecule has 4 saturated carbocycles. The molecule has 0 spiro atoms. The van der Waals surface area contributed by atoms with Crippen molar-refractivity contribution < 1.29 is 63.9 Å². The van der Waals surface area contributed by atoms with Gasteiger partial charge in [-0.3, -0.25) is 43.1 Å². The Balaban J connectivity index is 0.821. The van der Waals surface area contributed by atoms with E-state index in [1.165, 1.54) is 85.7 Å². The Bertz CT molecular complexity index is 3470. The van der Waals surface area contributed by atoms with Gasteiger partial charge in [0, 0.05) is 56.4 Å². The molecule has 4 heterocycles. The van der Waals surface area contributed by atoms with Gasteiger partial charge in [-0.05, 0) is 181 Å². The second kappa shape index (κ2) is 26.2. The lowest BCUT2D eigenvalue weighted by Gasteiger charge is -2.38. The second-order valence-electron chi connectivity index (χ2n) is 24.6. The number of hydrogen-bond acceptors (Lipinski definition) is 10. The molecule has 2 aromatic carbocycles. The highest BCUT2D eigenvalue weighted by atomic mass is 19.4. The number of aromatic nitrogens is 5. The molecule has 4 aliphatic carbocycles. The van der Waals surface area contributed by atoms with Crippen LogP contribution in [0, 0.1) is 41.2 Å². The Kier molecular flexibility index (Phi) is 18.8. The van der Waals surface area contributed by atoms with Crippen molar-refractivity contribution in [2.45, 2.75) is 153 Å². The highest BCUT2D eigenvalue weighted by Gasteiger charge is 2.51. The third-order valence-corrected chi connectivity index (χ3v) is 17.7. The number of carbonyl (C=O) groups is 6. The lowest BCUT2D eigenvalue weighted by Crippen LogP contribution is -2.60. The maximum absolute atomic E-state index is 16.1. The molecule has 3 aromatic heterocycles. The van der Waals surface area contributed by atoms with Gasteiger partial charge in [-0.1, -0.05) is 23.8 Å². The topological polar surface area (TPSA) is 226 Å². The molecular formula is C63H72F8N12O6. The lowest BCUT2D eigenvalue weighted by atomic mass is 9.88. The van der Waals surface area contributed by atoms with Crippen LogP contribution in [0.2, 0.25) is 0 Å². The molecule has 1 aliphatic heterocycles. The Morgan fingerprint density at radius 1 is 0.685 bits per heavy atom. The Morgan fingerprint density at radius 2 is 1.28 bits per heavy atom. The van der Waals surface area contributed by atoms with Crippen molar-refractivity contribution >= 4 is 46.8 Å². The number of piperazine rings is 1. The van der Waals surface area contributed by atoms with Gasteiger partial charge in [0.1, 0.15) is 47.2 Å². The molecule has 476 valence electrons. The summed E-state index contributed by atoms with van der Waals surface area (Å²) in [5, 5.41) is 24.7. The predicted molar refractivity (Wildman–Crippen MR) is 311 cm³/mol. The summed E-state index contributed by atoms with van der Waals surface area (Å²) in [6.45, 7) is 7.74. The average molecular weight is 1250 g/mol. The second-order valence-corrected chi connectivity index (χ2v) is 24.6. The Hall–Kier alpha value is -8.03. The number of hydrogen-bond donors (Lipinski definition) is 6. The van der Waals surface area contributed by atoms with E-state index in [9.17, 15) is 55.1 Å². The normalized spacial score (nSPS) is 20.4. The van der Waals surface area contributed by atoms with Gasteiger partial charge in [0.15, 0.2) is 0 Å². The summed E-state index contributed by atoms with van der Waals surface area (Å²) in [7, 11) is 0. The third-order valence-electron chi connectivity index (χ3n) is 17.7. The van der Waals surface area contributed by atoms with Crippen LogP contribution >= 0.6 is 0 Å². The minimum absolute atomic E-state index is 0.0569. The fourth-order valence-electron chi connectivity index (χ4n) is 12.4. The third kappa shape index (κ3) is 15.0. The summed E-state index contributed by atoms with van der Waals surface area (Å²) >= 11 is 0. The number of carbonyl (C=O) groups excluding carboxylic acids is 6. The van der Waals surface area contributed by atoms with Crippen LogP contribution in [0.1, 0.15) is 148 Å². The van der Waals surface area contributed by atoms with Crippen molar-refractivity contribution in [1.29, 1.82) is 0 Å². The number of nitrogens with zero attached hydrogens (tertiary/aromatic N) is 6. The molecule has 5 fully saturated rings. The molecule has 5 aromatic rings. The smallest absolute Gasteiger partial charge is 0.344 e. The van der Waals surface area contributed by atoms with Crippen LogP contribution in [-0.2, 0) is 25.6 Å². The van der Waals surface area contributed by atoms with Gasteiger partial charge in [-0.15, -0.1) is 0 Å². The quantitative estimate of drug-likeness (QED) is 0.0253. The molecule has 5 unspecified atom stereocenters. The van der Waals surface area contributed by atoms with E-state index in [-0.39, 0.29) is 88.3 Å². The van der Waals surface area contributed by atoms with Crippen LogP contribution in [0.15, 0.2) is 96.5 Å². The van der Waals surface area contributed by atoms with E-state index in [1.807, 2.05) is 26.1 Å². The Labute approximate surface area is 508 Å². The van der Waals surface area contributed by atoms with Crippen molar-refractivity contribution in [2.75, 3.05) is 30.3 Å². The molecule has 5 aliphatic rings. The minimum atomic E-state index is -4.81. The number of benzene rings is 2. The van der Waals surface area contributed by atoms with Gasteiger partial charge in [0.2, 0.25) is 17.7 Å². The van der Waals surface area contributed by atoms with E-state index in [1.54, 1.807) is 10.7 Å². The highest BCUT2D eigenvalue weighted by Crippen LogP contribution is 2.54. The van der Waals surface area contributed by atoms with E-state index in [0.717, 1.165) is 48.3 Å². The van der Waals surface area contributed by atoms with E-state index in [2.05, 4.69) is 41.8 Å². The van der Waals surface area contributed by atoms with Crippen LogP contribution in [0.25, 0.3) is 0 Å². The van der Waals surface area contributed by atoms with Crippen molar-refractivity contribution in [3.8, 4) is 0 Å². The molecule has 10 rings (SSSR count). The molecule has 0 bridgehead atoms. The number of pyridine rings is 1. The fraction of sp³-hybridized carbons (Fsp3) is 0.508. The lowest BCUT2D eigenvalue weighted by molar-refractivity contribution is -0.193. The van der Waals surface area contributed by atoms with E-state index in [4.69, 9.17) is 0 Å². The van der Waals surface area contributed by atoms with Gasteiger partial charge in [0.05, 0.1) is 29.3 Å². The summed E-state index contributed by atoms with van der Waals surface area (Å²) in [5.41, 5.74) is 1.62. The zero-order chi connectivity index (χ0) is 63.8. The maximum Gasteiger partial charge on any atom is 0.410 e. The first-order valence-corrected chi connectivity index (χ1v) is 30.2. The zero-order valence-corrected chi connectivity index (χ0v) is 49.7. The number of alkyl halides is 6. The van der Waals surface area contributed by atoms with E-state index < -0.39 is 114 Å². The summed E-state index contributed by atoms with van der Waals surface area (Å²) in [5.74, 6) is -9.17. The van der Waals surface area contributed by atoms with Crippen LogP contribution in [0.5, 0.6) is 0 Å². The molecular weight excluding hydrogens is 1170 g/mol. The fourth-order valence-corrected chi connectivity index (χ4v) is 12.4. The molecule has 9 atom stereocenters. The van der Waals surface area contributed by atoms with Crippen molar-refractivity contribution in [2.24, 2.45) is 29.6 Å². The molecule has 18 nitrogen and oxygen atoms in total. The van der Waals surface area contributed by atoms with Gasteiger partial charge in [-0.2, -0.15) is 36.5 Å². The summed E-state index contributed by atoms with van der Waals surface area (Å²) in [6, 6.07) is 7.26. The average Bonchev–Trinajstić information content (AvgIpc) is 1.71. The number of nitrogens with one attached hydrogen (secondary N) is 6. The summed E-state index contributed by atoms with van der Waals surface area (Å²) in [4.78, 5) is 89.2. The highest BCUT2D eigenvalue weighted by molar-refractivity contribution is 6.03. The minimum Gasteiger partial charge on any atom is -0.344 e. The first-order valence-electron chi connectivity index (χ1n) is 30.2. The summed E-state index contributed by atoms with van der Waals surface area (Å²) in [6.07, 6.45) is -0.254. The van der Waals surface area contributed by atoms with Gasteiger partial charge in [0.25, 0.3) is 17.7 Å². The standard InChI is InChI=1S/C63H72F8N12O6/c1-32(2)82-48(19-22-74-82)57(85)80-55(60(88)77-47-18-16-40(29-45(47)65)35(5)61(89)81-25-24-72-31-51(81)63(69,70)71)53(38-13-14-38)43-27-41(43)26-33(3)83-49(20-23-75-83)58(86)79-54(52(36-9-10-36)37-11-12-37)59(87)76-46-17-15-39(28-44(46)64)34(4)56(84)78-50(62(66,67)68)30-42-8-6-7-21-73-42/h6-8,15-23,28-29,32-37,41,43,50-52,54-55,72H,9-14,24-27,30-31H2,1-5H3,(H,76,87)(H,77,88)(H,78,84)(H,79,86)(H,80,85)/t33?,34-,35-,41?,43?,50?,51?,54-,55-/m0/s1. The largest absolute Gasteiger partial charge is 0.410 e. The van der Waals surface area contributed by atoms with Gasteiger partial charge < -0.3 is 36.8 Å². The molecule has 1 saturated heterocycles. The monoisotopic (exact) mass is 1240 g/mol. The molecule has 0 radical (unpaired) electrons. The molecule has 6 amide bonds. The zero-order valence-electron chi connectivity index (χ0n) is 49.7. The Morgan fingerprint density at radius 3 is 1.84 bits per heavy atom. The maximum atomic E-state index is 16.1. The number of rotatable bonds is 24. The predicted octanol–water partition coefficient (Wildman–Crippen LogP) is 9.48. The first-order chi connectivity index (χ1) is 42.3. The number of anilines is 2. The first kappa shape index (κ1) is 64.0. The number of allylic oxidation sites excluding steroid dienone is 1. The molecule has 89 heavy (non-hydrogen) atoms. The summed E-state index contributed by atoms with van der Waals surface area (Å²) < 4.78 is 119. The van der Waals surface area contributed by atoms with Gasteiger partial charge in [-0.25, -0.2) is 8.78 Å². The van der Waals surface area contributed by atoms with Crippen LogP contribution in [0.4, 0.5) is 46.5 Å².